The fourth-order valence-corrected chi connectivity index (χ4v) is 2.51. The monoisotopic (exact) mass is 264 g/mol. The lowest BCUT2D eigenvalue weighted by Gasteiger charge is -2.33. The highest BCUT2D eigenvalue weighted by Gasteiger charge is 2.20. The Morgan fingerprint density at radius 3 is 2.84 bits per heavy atom. The van der Waals surface area contributed by atoms with Crippen LogP contribution >= 0.6 is 0 Å². The Kier molecular flexibility index (Phi) is 5.63. The maximum absolute atomic E-state index is 5.93. The first-order valence-corrected chi connectivity index (χ1v) is 7.07. The first kappa shape index (κ1) is 14.3. The maximum Gasteiger partial charge on any atom is 0.119 e. The molecule has 106 valence electrons. The van der Waals surface area contributed by atoms with Crippen molar-refractivity contribution >= 4 is 0 Å². The van der Waals surface area contributed by atoms with E-state index in [0.29, 0.717) is 19.2 Å². The lowest BCUT2D eigenvalue weighted by molar-refractivity contribution is 0.0184. The Morgan fingerprint density at radius 2 is 2.16 bits per heavy atom. The van der Waals surface area contributed by atoms with E-state index in [0.717, 1.165) is 38.5 Å². The first-order valence-electron chi connectivity index (χ1n) is 7.07. The molecule has 0 bridgehead atoms. The average molecular weight is 264 g/mol. The summed E-state index contributed by atoms with van der Waals surface area (Å²) in [7, 11) is 0. The fraction of sp³-hybridized carbons (Fsp3) is 0.600. The van der Waals surface area contributed by atoms with Gasteiger partial charge in [-0.2, -0.15) is 0 Å². The molecular formula is C15H24N2O2. The Morgan fingerprint density at radius 1 is 1.37 bits per heavy atom. The van der Waals surface area contributed by atoms with Crippen LogP contribution < -0.4 is 10.5 Å². The third-order valence-electron chi connectivity index (χ3n) is 3.51. The normalized spacial score (nSPS) is 18.2. The van der Waals surface area contributed by atoms with Gasteiger partial charge >= 0.3 is 0 Å². The van der Waals surface area contributed by atoms with E-state index in [-0.39, 0.29) is 0 Å². The zero-order valence-electron chi connectivity index (χ0n) is 11.7. The molecule has 0 saturated carbocycles. The minimum atomic E-state index is 0.390. The standard InChI is InChI=1S/C15H24N2O2/c1-2-19-15-5-3-4-13(11-15)10-14(12-16)17-6-8-18-9-7-17/h3-5,11,14H,2,6-10,12,16H2,1H3. The van der Waals surface area contributed by atoms with Gasteiger partial charge in [-0.15, -0.1) is 0 Å². The number of rotatable bonds is 6. The molecule has 1 heterocycles. The number of nitrogens with zero attached hydrogens (tertiary/aromatic N) is 1. The van der Waals surface area contributed by atoms with Crippen LogP contribution in [-0.4, -0.2) is 50.4 Å². The molecule has 1 aliphatic rings. The Labute approximate surface area is 115 Å². The van der Waals surface area contributed by atoms with Gasteiger partial charge in [0, 0.05) is 25.7 Å². The molecule has 0 spiro atoms. The van der Waals surface area contributed by atoms with Crippen molar-refractivity contribution in [2.75, 3.05) is 39.5 Å². The summed E-state index contributed by atoms with van der Waals surface area (Å²) in [5.74, 6) is 0.942. The number of morpholine rings is 1. The highest BCUT2D eigenvalue weighted by molar-refractivity contribution is 5.29. The van der Waals surface area contributed by atoms with Gasteiger partial charge < -0.3 is 15.2 Å². The van der Waals surface area contributed by atoms with Crippen LogP contribution in [0.25, 0.3) is 0 Å². The van der Waals surface area contributed by atoms with Gasteiger partial charge in [-0.05, 0) is 31.0 Å². The quantitative estimate of drug-likeness (QED) is 0.841. The van der Waals surface area contributed by atoms with Crippen LogP contribution in [0.3, 0.4) is 0 Å². The molecule has 0 aromatic heterocycles. The van der Waals surface area contributed by atoms with Gasteiger partial charge in [0.15, 0.2) is 0 Å². The molecule has 1 aromatic rings. The third kappa shape index (κ3) is 4.20. The predicted octanol–water partition coefficient (Wildman–Crippen LogP) is 1.29. The van der Waals surface area contributed by atoms with E-state index in [1.54, 1.807) is 0 Å². The summed E-state index contributed by atoms with van der Waals surface area (Å²) in [5.41, 5.74) is 7.22. The van der Waals surface area contributed by atoms with Crippen molar-refractivity contribution in [1.82, 2.24) is 4.90 Å². The van der Waals surface area contributed by atoms with Crippen LogP contribution in [0, 0.1) is 0 Å². The molecular weight excluding hydrogens is 240 g/mol. The number of nitrogens with two attached hydrogens (primary N) is 1. The van der Waals surface area contributed by atoms with Crippen molar-refractivity contribution in [2.24, 2.45) is 5.73 Å². The molecule has 1 saturated heterocycles. The van der Waals surface area contributed by atoms with Gasteiger partial charge in [0.1, 0.15) is 5.75 Å². The van der Waals surface area contributed by atoms with Crippen LogP contribution in [-0.2, 0) is 11.2 Å². The van der Waals surface area contributed by atoms with Crippen molar-refractivity contribution in [1.29, 1.82) is 0 Å². The largest absolute Gasteiger partial charge is 0.494 e. The molecule has 1 fully saturated rings. The van der Waals surface area contributed by atoms with Gasteiger partial charge in [-0.3, -0.25) is 4.90 Å². The minimum absolute atomic E-state index is 0.390. The average Bonchev–Trinajstić information content (AvgIpc) is 2.46. The maximum atomic E-state index is 5.93. The van der Waals surface area contributed by atoms with Crippen LogP contribution in [0.1, 0.15) is 12.5 Å². The Bertz CT molecular complexity index is 378. The summed E-state index contributed by atoms with van der Waals surface area (Å²) in [6, 6.07) is 8.70. The molecule has 0 radical (unpaired) electrons. The smallest absolute Gasteiger partial charge is 0.119 e. The van der Waals surface area contributed by atoms with E-state index in [9.17, 15) is 0 Å². The second-order valence-corrected chi connectivity index (χ2v) is 4.82. The molecule has 1 atom stereocenters. The SMILES string of the molecule is CCOc1cccc(CC(CN)N2CCOCC2)c1. The van der Waals surface area contributed by atoms with E-state index in [1.165, 1.54) is 5.56 Å². The van der Waals surface area contributed by atoms with Crippen LogP contribution in [0.5, 0.6) is 5.75 Å². The van der Waals surface area contributed by atoms with E-state index in [4.69, 9.17) is 15.2 Å². The number of benzene rings is 1. The first-order chi connectivity index (χ1) is 9.33. The van der Waals surface area contributed by atoms with Crippen molar-refractivity contribution in [2.45, 2.75) is 19.4 Å². The van der Waals surface area contributed by atoms with Crippen LogP contribution in [0.4, 0.5) is 0 Å². The molecule has 1 aromatic carbocycles. The highest BCUT2D eigenvalue weighted by atomic mass is 16.5. The third-order valence-corrected chi connectivity index (χ3v) is 3.51. The fourth-order valence-electron chi connectivity index (χ4n) is 2.51. The molecule has 4 heteroatoms. The van der Waals surface area contributed by atoms with E-state index < -0.39 is 0 Å². The van der Waals surface area contributed by atoms with Gasteiger partial charge in [0.25, 0.3) is 0 Å². The molecule has 19 heavy (non-hydrogen) atoms. The van der Waals surface area contributed by atoms with Crippen LogP contribution in [0.15, 0.2) is 24.3 Å². The highest BCUT2D eigenvalue weighted by Crippen LogP contribution is 2.16. The predicted molar refractivity (Wildman–Crippen MR) is 76.5 cm³/mol. The van der Waals surface area contributed by atoms with E-state index in [2.05, 4.69) is 17.0 Å². The Balaban J connectivity index is 1.98. The van der Waals surface area contributed by atoms with Gasteiger partial charge in [-0.25, -0.2) is 0 Å². The molecule has 4 nitrogen and oxygen atoms in total. The summed E-state index contributed by atoms with van der Waals surface area (Å²) in [5, 5.41) is 0. The molecule has 1 unspecified atom stereocenters. The number of hydrogen-bond donors (Lipinski definition) is 1. The molecule has 2 rings (SSSR count). The molecule has 1 aliphatic heterocycles. The number of hydrogen-bond acceptors (Lipinski definition) is 4. The van der Waals surface area contributed by atoms with Crippen molar-refractivity contribution in [3.63, 3.8) is 0 Å². The van der Waals surface area contributed by atoms with Gasteiger partial charge in [0.05, 0.1) is 19.8 Å². The molecule has 2 N–H and O–H groups in total. The second-order valence-electron chi connectivity index (χ2n) is 4.82. The topological polar surface area (TPSA) is 47.7 Å². The van der Waals surface area contributed by atoms with Crippen molar-refractivity contribution in [3.8, 4) is 5.75 Å². The van der Waals surface area contributed by atoms with Crippen molar-refractivity contribution < 1.29 is 9.47 Å². The van der Waals surface area contributed by atoms with E-state index in [1.807, 2.05) is 19.1 Å². The lowest BCUT2D eigenvalue weighted by atomic mass is 10.0. The lowest BCUT2D eigenvalue weighted by Crippen LogP contribution is -2.47. The number of ether oxygens (including phenoxy) is 2. The van der Waals surface area contributed by atoms with Gasteiger partial charge in [0.2, 0.25) is 0 Å². The molecule has 0 aliphatic carbocycles. The Hall–Kier alpha value is -1.10. The summed E-state index contributed by atoms with van der Waals surface area (Å²) in [6.07, 6.45) is 0.970. The zero-order chi connectivity index (χ0) is 13.5. The van der Waals surface area contributed by atoms with Crippen molar-refractivity contribution in [3.05, 3.63) is 29.8 Å². The minimum Gasteiger partial charge on any atom is -0.494 e. The second kappa shape index (κ2) is 7.48. The van der Waals surface area contributed by atoms with Crippen LogP contribution in [0.2, 0.25) is 0 Å². The summed E-state index contributed by atoms with van der Waals surface area (Å²) in [6.45, 7) is 6.97. The van der Waals surface area contributed by atoms with E-state index >= 15 is 0 Å². The zero-order valence-corrected chi connectivity index (χ0v) is 11.7. The summed E-state index contributed by atoms with van der Waals surface area (Å²) >= 11 is 0. The summed E-state index contributed by atoms with van der Waals surface area (Å²) in [4.78, 5) is 2.43. The van der Waals surface area contributed by atoms with Gasteiger partial charge in [-0.1, -0.05) is 12.1 Å². The summed E-state index contributed by atoms with van der Waals surface area (Å²) < 4.78 is 10.9. The molecule has 0 amide bonds.